The molecule has 0 atom stereocenters. The van der Waals surface area contributed by atoms with Crippen molar-refractivity contribution in [3.63, 3.8) is 0 Å². The van der Waals surface area contributed by atoms with E-state index in [1.54, 1.807) is 0 Å². The predicted molar refractivity (Wildman–Crippen MR) is 64.3 cm³/mol. The van der Waals surface area contributed by atoms with E-state index in [2.05, 4.69) is 13.7 Å². The van der Waals surface area contributed by atoms with Gasteiger partial charge >= 0.3 is 97.5 Å². The number of rotatable bonds is 2. The molecule has 0 aliphatic heterocycles. The minimum atomic E-state index is -3.02. The molecule has 2 aromatic rings. The van der Waals surface area contributed by atoms with Crippen LogP contribution in [-0.2, 0) is 3.83 Å². The van der Waals surface area contributed by atoms with Crippen LogP contribution >= 0.6 is 0 Å². The van der Waals surface area contributed by atoms with E-state index in [4.69, 9.17) is 0 Å². The quantitative estimate of drug-likeness (QED) is 0.747. The van der Waals surface area contributed by atoms with Crippen LogP contribution in [-0.4, -0.2) is 24.1 Å². The van der Waals surface area contributed by atoms with E-state index in [9.17, 15) is 3.83 Å². The Morgan fingerprint density at radius 1 is 0.733 bits per heavy atom. The maximum absolute atomic E-state index is 12.6. The molecular formula is C12H10OSe2. The Hall–Kier alpha value is -0.721. The maximum atomic E-state index is 12.6. The van der Waals surface area contributed by atoms with Crippen molar-refractivity contribution in [2.45, 2.75) is 0 Å². The molecule has 0 saturated heterocycles. The molecule has 2 rings (SSSR count). The van der Waals surface area contributed by atoms with Crippen LogP contribution in [0.15, 0.2) is 60.7 Å². The molecule has 1 nitrogen and oxygen atoms in total. The summed E-state index contributed by atoms with van der Waals surface area (Å²) in [5, 5.41) is 0. The van der Waals surface area contributed by atoms with E-state index >= 15 is 0 Å². The molecule has 0 aromatic heterocycles. The monoisotopic (exact) mass is 330 g/mol. The number of benzene rings is 2. The third-order valence-corrected chi connectivity index (χ3v) is 10.0. The normalized spacial score (nSPS) is 11.2. The Morgan fingerprint density at radius 2 is 1.07 bits per heavy atom. The van der Waals surface area contributed by atoms with Gasteiger partial charge in [-0.25, -0.2) is 0 Å². The van der Waals surface area contributed by atoms with Gasteiger partial charge in [-0.05, 0) is 0 Å². The summed E-state index contributed by atoms with van der Waals surface area (Å²) >= 11 is 2.89. The third kappa shape index (κ3) is 2.27. The van der Waals surface area contributed by atoms with E-state index in [0.29, 0.717) is 0 Å². The molecule has 2 aromatic carbocycles. The first-order valence-corrected chi connectivity index (χ1v) is 11.3. The van der Waals surface area contributed by atoms with Crippen molar-refractivity contribution in [2.75, 3.05) is 0 Å². The summed E-state index contributed by atoms with van der Waals surface area (Å²) in [7, 11) is -3.02. The van der Waals surface area contributed by atoms with Crippen LogP contribution in [0.25, 0.3) is 0 Å². The number of hydrogen-bond acceptors (Lipinski definition) is 1. The molecule has 0 radical (unpaired) electrons. The summed E-state index contributed by atoms with van der Waals surface area (Å²) in [4.78, 5) is 0. The van der Waals surface area contributed by atoms with Gasteiger partial charge in [0.25, 0.3) is 0 Å². The van der Waals surface area contributed by atoms with Gasteiger partial charge in [0.1, 0.15) is 0 Å². The Morgan fingerprint density at radius 3 is 1.40 bits per heavy atom. The van der Waals surface area contributed by atoms with E-state index in [1.165, 1.54) is 0 Å². The molecule has 3 heteroatoms. The summed E-state index contributed by atoms with van der Waals surface area (Å²) < 4.78 is 14.4. The van der Waals surface area contributed by atoms with Gasteiger partial charge in [0, 0.05) is 0 Å². The molecule has 0 heterocycles. The second-order valence-corrected chi connectivity index (χ2v) is 12.3. The standard InChI is InChI=1S/C12H10OSe2/c13-15(14,11-7-3-1-4-8-11)12-9-5-2-6-10-12/h1-10H. The van der Waals surface area contributed by atoms with E-state index < -0.39 is 10.4 Å². The van der Waals surface area contributed by atoms with Crippen LogP contribution < -0.4 is 8.92 Å². The van der Waals surface area contributed by atoms with Gasteiger partial charge in [0.2, 0.25) is 0 Å². The molecule has 0 aliphatic rings. The fourth-order valence-electron chi connectivity index (χ4n) is 1.34. The summed E-state index contributed by atoms with van der Waals surface area (Å²) in [6, 6.07) is 19.2. The topological polar surface area (TPSA) is 17.1 Å². The average Bonchev–Trinajstić information content (AvgIpc) is 2.31. The zero-order valence-corrected chi connectivity index (χ0v) is 11.4. The third-order valence-electron chi connectivity index (χ3n) is 2.11. The summed E-state index contributed by atoms with van der Waals surface area (Å²) in [6.07, 6.45) is 0. The number of hydrogen-bond donors (Lipinski definition) is 0. The zero-order chi connectivity index (χ0) is 10.7. The Labute approximate surface area is 97.2 Å². The molecule has 0 bridgehead atoms. The molecule has 76 valence electrons. The second kappa shape index (κ2) is 4.42. The molecule has 0 aliphatic carbocycles. The van der Waals surface area contributed by atoms with Crippen molar-refractivity contribution in [2.24, 2.45) is 0 Å². The van der Waals surface area contributed by atoms with Crippen molar-refractivity contribution in [1.82, 2.24) is 0 Å². The van der Waals surface area contributed by atoms with Crippen molar-refractivity contribution in [1.29, 1.82) is 0 Å². The van der Waals surface area contributed by atoms with Crippen molar-refractivity contribution >= 4 is 33.0 Å². The molecule has 0 spiro atoms. The molecule has 0 N–H and O–H groups in total. The molecule has 15 heavy (non-hydrogen) atoms. The van der Waals surface area contributed by atoms with Gasteiger partial charge in [-0.15, -0.1) is 0 Å². The fraction of sp³-hybridized carbons (Fsp3) is 0. The molecule has 0 unspecified atom stereocenters. The van der Waals surface area contributed by atoms with Crippen molar-refractivity contribution in [3.8, 4) is 0 Å². The van der Waals surface area contributed by atoms with Gasteiger partial charge in [-0.3, -0.25) is 0 Å². The van der Waals surface area contributed by atoms with Crippen LogP contribution in [0.1, 0.15) is 0 Å². The first kappa shape index (κ1) is 10.8. The molecule has 0 saturated carbocycles. The van der Waals surface area contributed by atoms with Crippen molar-refractivity contribution < 1.29 is 3.83 Å². The molecular weight excluding hydrogens is 318 g/mol. The Kier molecular flexibility index (Phi) is 3.18. The van der Waals surface area contributed by atoms with Crippen LogP contribution in [0.4, 0.5) is 0 Å². The Bertz CT molecular complexity index is 485. The van der Waals surface area contributed by atoms with Crippen LogP contribution in [0.5, 0.6) is 0 Å². The SMILES string of the molecule is O=[Se](=[Se])(c1ccccc1)c1ccccc1. The first-order valence-electron chi connectivity index (χ1n) is 4.56. The average molecular weight is 328 g/mol. The predicted octanol–water partition coefficient (Wildman–Crippen LogP) is 0.842. The summed E-state index contributed by atoms with van der Waals surface area (Å²) in [5.41, 5.74) is 0. The van der Waals surface area contributed by atoms with E-state index in [0.717, 1.165) is 8.92 Å². The van der Waals surface area contributed by atoms with E-state index in [-0.39, 0.29) is 0 Å². The van der Waals surface area contributed by atoms with Crippen molar-refractivity contribution in [3.05, 3.63) is 60.7 Å². The van der Waals surface area contributed by atoms with Gasteiger partial charge < -0.3 is 0 Å². The van der Waals surface area contributed by atoms with Gasteiger partial charge in [-0.2, -0.15) is 0 Å². The van der Waals surface area contributed by atoms with Gasteiger partial charge in [0.05, 0.1) is 0 Å². The van der Waals surface area contributed by atoms with Crippen LogP contribution in [0.3, 0.4) is 0 Å². The van der Waals surface area contributed by atoms with Crippen LogP contribution in [0, 0.1) is 0 Å². The van der Waals surface area contributed by atoms with Gasteiger partial charge in [0.15, 0.2) is 0 Å². The fourth-order valence-corrected chi connectivity index (χ4v) is 6.49. The minimum absolute atomic E-state index is 0.903. The second-order valence-electron chi connectivity index (χ2n) is 3.13. The molecule has 0 fully saturated rings. The summed E-state index contributed by atoms with van der Waals surface area (Å²) in [5.74, 6) is 0. The first-order chi connectivity index (χ1) is 7.21. The van der Waals surface area contributed by atoms with Crippen LogP contribution in [0.2, 0.25) is 0 Å². The van der Waals surface area contributed by atoms with E-state index in [1.807, 2.05) is 60.7 Å². The van der Waals surface area contributed by atoms with Gasteiger partial charge in [-0.1, -0.05) is 0 Å². The molecule has 0 amide bonds. The summed E-state index contributed by atoms with van der Waals surface area (Å²) in [6.45, 7) is 0. The Balaban J connectivity index is 2.55. The zero-order valence-electron chi connectivity index (χ0n) is 8.00.